The lowest BCUT2D eigenvalue weighted by Crippen LogP contribution is -2.42. The van der Waals surface area contributed by atoms with Crippen LogP contribution in [0.25, 0.3) is 5.82 Å². The maximum atomic E-state index is 14.5. The summed E-state index contributed by atoms with van der Waals surface area (Å²) in [5.41, 5.74) is 1.52. The predicted octanol–water partition coefficient (Wildman–Crippen LogP) is 2.33. The highest BCUT2D eigenvalue weighted by atomic mass is 19.1. The highest BCUT2D eigenvalue weighted by Crippen LogP contribution is 2.32. The molecule has 5 rings (SSSR count). The fourth-order valence-corrected chi connectivity index (χ4v) is 4.45. The molecule has 0 aliphatic carbocycles. The van der Waals surface area contributed by atoms with Gasteiger partial charge in [-0.15, -0.1) is 0 Å². The quantitative estimate of drug-likeness (QED) is 0.594. The average Bonchev–Trinajstić information content (AvgIpc) is 3.46. The van der Waals surface area contributed by atoms with E-state index in [1.807, 2.05) is 11.8 Å². The van der Waals surface area contributed by atoms with Crippen LogP contribution in [0.2, 0.25) is 0 Å². The molecular formula is C22H25FN8O2. The molecule has 0 N–H and O–H groups in total. The summed E-state index contributed by atoms with van der Waals surface area (Å²) < 4.78 is 16.1. The molecule has 0 aromatic carbocycles. The summed E-state index contributed by atoms with van der Waals surface area (Å²) in [6.45, 7) is 5.32. The van der Waals surface area contributed by atoms with E-state index in [1.165, 1.54) is 11.3 Å². The molecule has 0 unspecified atom stereocenters. The Balaban J connectivity index is 1.27. The molecular weight excluding hydrogens is 427 g/mol. The first-order valence-electron chi connectivity index (χ1n) is 11.0. The first-order chi connectivity index (χ1) is 16.0. The second-order valence-corrected chi connectivity index (χ2v) is 8.33. The van der Waals surface area contributed by atoms with E-state index in [0.29, 0.717) is 50.7 Å². The fraction of sp³-hybridized carbons (Fsp3) is 0.455. The molecule has 5 heterocycles. The zero-order valence-electron chi connectivity index (χ0n) is 18.6. The van der Waals surface area contributed by atoms with Gasteiger partial charge in [-0.3, -0.25) is 24.2 Å². The molecule has 0 spiro atoms. The Hall–Kier alpha value is -3.47. The minimum absolute atomic E-state index is 0.0342. The summed E-state index contributed by atoms with van der Waals surface area (Å²) in [5.74, 6) is 0.561. The monoisotopic (exact) mass is 452 g/mol. The van der Waals surface area contributed by atoms with Gasteiger partial charge in [0.15, 0.2) is 11.6 Å². The van der Waals surface area contributed by atoms with Gasteiger partial charge in [-0.2, -0.15) is 4.98 Å². The highest BCUT2D eigenvalue weighted by molar-refractivity contribution is 5.78. The number of aryl methyl sites for hydroxylation is 2. The SMILES string of the molecule is Cc1cn(-c2nc(N3CCC(C(=O)N4OCC[C@H]4c4cnccn4)CC3)ncc2F)c(C)n1. The van der Waals surface area contributed by atoms with Gasteiger partial charge in [-0.05, 0) is 26.7 Å². The highest BCUT2D eigenvalue weighted by Gasteiger charge is 2.38. The van der Waals surface area contributed by atoms with Gasteiger partial charge < -0.3 is 4.90 Å². The van der Waals surface area contributed by atoms with Crippen molar-refractivity contribution >= 4 is 11.9 Å². The van der Waals surface area contributed by atoms with Gasteiger partial charge in [0.2, 0.25) is 11.9 Å². The molecule has 2 fully saturated rings. The van der Waals surface area contributed by atoms with E-state index < -0.39 is 5.82 Å². The van der Waals surface area contributed by atoms with Crippen LogP contribution < -0.4 is 4.90 Å². The van der Waals surface area contributed by atoms with Crippen LogP contribution in [-0.2, 0) is 9.63 Å². The lowest BCUT2D eigenvalue weighted by molar-refractivity contribution is -0.182. The molecule has 0 radical (unpaired) electrons. The van der Waals surface area contributed by atoms with Crippen molar-refractivity contribution in [1.82, 2.24) is 34.6 Å². The van der Waals surface area contributed by atoms with Crippen molar-refractivity contribution in [1.29, 1.82) is 0 Å². The van der Waals surface area contributed by atoms with E-state index in [1.54, 1.807) is 36.3 Å². The fourth-order valence-electron chi connectivity index (χ4n) is 4.45. The number of imidazole rings is 1. The number of hydrogen-bond donors (Lipinski definition) is 0. The molecule has 2 aliphatic heterocycles. The molecule has 0 bridgehead atoms. The molecule has 1 atom stereocenters. The van der Waals surface area contributed by atoms with Crippen LogP contribution in [0.5, 0.6) is 0 Å². The Kier molecular flexibility index (Phi) is 5.71. The van der Waals surface area contributed by atoms with Gasteiger partial charge in [0.05, 0.1) is 30.4 Å². The molecule has 1 amide bonds. The summed E-state index contributed by atoms with van der Waals surface area (Å²) in [7, 11) is 0. The molecule has 2 saturated heterocycles. The molecule has 3 aromatic heterocycles. The summed E-state index contributed by atoms with van der Waals surface area (Å²) in [4.78, 5) is 42.3. The smallest absolute Gasteiger partial charge is 0.250 e. The van der Waals surface area contributed by atoms with E-state index in [9.17, 15) is 9.18 Å². The molecule has 11 heteroatoms. The number of rotatable bonds is 4. The summed E-state index contributed by atoms with van der Waals surface area (Å²) in [5, 5.41) is 1.47. The van der Waals surface area contributed by atoms with Crippen molar-refractivity contribution in [2.24, 2.45) is 5.92 Å². The van der Waals surface area contributed by atoms with E-state index in [2.05, 4.69) is 24.9 Å². The van der Waals surface area contributed by atoms with Crippen molar-refractivity contribution in [2.75, 3.05) is 24.6 Å². The maximum Gasteiger partial charge on any atom is 0.250 e. The Morgan fingerprint density at radius 2 is 1.91 bits per heavy atom. The maximum absolute atomic E-state index is 14.5. The van der Waals surface area contributed by atoms with E-state index in [-0.39, 0.29) is 23.7 Å². The van der Waals surface area contributed by atoms with Crippen molar-refractivity contribution in [2.45, 2.75) is 39.2 Å². The molecule has 3 aromatic rings. The van der Waals surface area contributed by atoms with Gasteiger partial charge in [0.25, 0.3) is 0 Å². The topological polar surface area (TPSA) is 102 Å². The number of piperidine rings is 1. The predicted molar refractivity (Wildman–Crippen MR) is 116 cm³/mol. The third-order valence-electron chi connectivity index (χ3n) is 6.12. The largest absolute Gasteiger partial charge is 0.341 e. The van der Waals surface area contributed by atoms with Gasteiger partial charge >= 0.3 is 0 Å². The van der Waals surface area contributed by atoms with Crippen LogP contribution >= 0.6 is 0 Å². The van der Waals surface area contributed by atoms with Crippen LogP contribution in [0.3, 0.4) is 0 Å². The normalized spacial score (nSPS) is 19.3. The van der Waals surface area contributed by atoms with Crippen molar-refractivity contribution in [3.8, 4) is 5.82 Å². The molecule has 0 saturated carbocycles. The third kappa shape index (κ3) is 4.15. The Bertz CT molecular complexity index is 1150. The number of halogens is 1. The van der Waals surface area contributed by atoms with Gasteiger partial charge in [-0.1, -0.05) is 0 Å². The average molecular weight is 452 g/mol. The molecule has 2 aliphatic rings. The lowest BCUT2D eigenvalue weighted by atomic mass is 9.95. The Labute approximate surface area is 190 Å². The lowest BCUT2D eigenvalue weighted by Gasteiger charge is -2.34. The number of carbonyl (C=O) groups excluding carboxylic acids is 1. The number of nitrogens with zero attached hydrogens (tertiary/aromatic N) is 8. The van der Waals surface area contributed by atoms with Crippen LogP contribution in [0, 0.1) is 25.6 Å². The number of aromatic nitrogens is 6. The summed E-state index contributed by atoms with van der Waals surface area (Å²) >= 11 is 0. The third-order valence-corrected chi connectivity index (χ3v) is 6.12. The first-order valence-corrected chi connectivity index (χ1v) is 11.0. The second kappa shape index (κ2) is 8.81. The number of amides is 1. The van der Waals surface area contributed by atoms with Crippen molar-refractivity contribution in [3.05, 3.63) is 54.0 Å². The van der Waals surface area contributed by atoms with Crippen LogP contribution in [-0.4, -0.2) is 60.2 Å². The van der Waals surface area contributed by atoms with Crippen LogP contribution in [0.15, 0.2) is 31.0 Å². The first kappa shape index (κ1) is 21.4. The molecule has 33 heavy (non-hydrogen) atoms. The number of anilines is 1. The second-order valence-electron chi connectivity index (χ2n) is 8.33. The number of hydroxylamine groups is 2. The summed E-state index contributed by atoms with van der Waals surface area (Å²) in [6, 6.07) is -0.214. The van der Waals surface area contributed by atoms with Crippen LogP contribution in [0.1, 0.15) is 42.5 Å². The number of hydrogen-bond acceptors (Lipinski definition) is 8. The van der Waals surface area contributed by atoms with Gasteiger partial charge in [0.1, 0.15) is 11.9 Å². The zero-order chi connectivity index (χ0) is 22.9. The van der Waals surface area contributed by atoms with E-state index >= 15 is 0 Å². The van der Waals surface area contributed by atoms with Gasteiger partial charge in [-0.25, -0.2) is 19.4 Å². The Morgan fingerprint density at radius 1 is 1.09 bits per heavy atom. The van der Waals surface area contributed by atoms with Crippen molar-refractivity contribution in [3.63, 3.8) is 0 Å². The number of carbonyl (C=O) groups is 1. The van der Waals surface area contributed by atoms with Gasteiger partial charge in [0, 0.05) is 44.0 Å². The van der Waals surface area contributed by atoms with E-state index in [0.717, 1.165) is 11.4 Å². The summed E-state index contributed by atoms with van der Waals surface area (Å²) in [6.07, 6.45) is 9.80. The van der Waals surface area contributed by atoms with Crippen LogP contribution in [0.4, 0.5) is 10.3 Å². The Morgan fingerprint density at radius 3 is 2.61 bits per heavy atom. The van der Waals surface area contributed by atoms with E-state index in [4.69, 9.17) is 4.84 Å². The molecule has 10 nitrogen and oxygen atoms in total. The standard InChI is InChI=1S/C22H25FN8O2/c1-14-13-30(15(2)27-14)20-17(23)11-26-22(28-20)29-8-3-16(4-9-29)21(32)31-19(5-10-33-31)18-12-24-6-7-25-18/h6-7,11-13,16,19H,3-5,8-10H2,1-2H3/t19-/m0/s1. The minimum atomic E-state index is -0.509. The van der Waals surface area contributed by atoms with Crippen molar-refractivity contribution < 1.29 is 14.0 Å². The minimum Gasteiger partial charge on any atom is -0.341 e. The molecule has 172 valence electrons. The zero-order valence-corrected chi connectivity index (χ0v) is 18.6.